The minimum absolute atomic E-state index is 0. The average Bonchev–Trinajstić information content (AvgIpc) is 2.17. The Kier molecular flexibility index (Phi) is 3.97. The van der Waals surface area contributed by atoms with Crippen molar-refractivity contribution in [2.45, 2.75) is 38.6 Å². The summed E-state index contributed by atoms with van der Waals surface area (Å²) in [4.78, 5) is 0. The molecule has 1 atom stereocenters. The highest BCUT2D eigenvalue weighted by Crippen LogP contribution is 2.27. The number of rotatable bonds is 1. The number of hydrogen-bond acceptors (Lipinski definition) is 1. The van der Waals surface area contributed by atoms with Gasteiger partial charge in [0.15, 0.2) is 0 Å². The van der Waals surface area contributed by atoms with Crippen LogP contribution in [-0.2, 0) is 12.8 Å². The van der Waals surface area contributed by atoms with Crippen molar-refractivity contribution in [3.05, 3.63) is 34.9 Å². The van der Waals surface area contributed by atoms with E-state index in [1.807, 2.05) is 0 Å². The van der Waals surface area contributed by atoms with Crippen LogP contribution >= 0.6 is 12.4 Å². The van der Waals surface area contributed by atoms with E-state index in [1.165, 1.54) is 42.4 Å². The van der Waals surface area contributed by atoms with E-state index in [9.17, 15) is 0 Å². The Morgan fingerprint density at radius 3 is 2.64 bits per heavy atom. The first kappa shape index (κ1) is 11.5. The van der Waals surface area contributed by atoms with Gasteiger partial charge in [-0.05, 0) is 49.3 Å². The summed E-state index contributed by atoms with van der Waals surface area (Å²) in [6, 6.07) is 6.76. The maximum absolute atomic E-state index is 5.94. The number of fused-ring (bicyclic) bond motifs is 1. The average molecular weight is 212 g/mol. The largest absolute Gasteiger partial charge is 0.324 e. The van der Waals surface area contributed by atoms with Gasteiger partial charge in [-0.25, -0.2) is 0 Å². The van der Waals surface area contributed by atoms with E-state index in [4.69, 9.17) is 5.73 Å². The smallest absolute Gasteiger partial charge is 0.0268 e. The topological polar surface area (TPSA) is 26.0 Å². The fourth-order valence-electron chi connectivity index (χ4n) is 2.24. The molecule has 0 heterocycles. The van der Waals surface area contributed by atoms with Gasteiger partial charge in [0.2, 0.25) is 0 Å². The fourth-order valence-corrected chi connectivity index (χ4v) is 2.24. The van der Waals surface area contributed by atoms with Crippen LogP contribution in [0.1, 0.15) is 42.5 Å². The molecule has 1 aromatic carbocycles. The lowest BCUT2D eigenvalue weighted by Gasteiger charge is -2.20. The van der Waals surface area contributed by atoms with Crippen molar-refractivity contribution in [1.82, 2.24) is 0 Å². The van der Waals surface area contributed by atoms with Gasteiger partial charge >= 0.3 is 0 Å². The molecule has 0 amide bonds. The van der Waals surface area contributed by atoms with Gasteiger partial charge < -0.3 is 5.73 Å². The van der Waals surface area contributed by atoms with Crippen molar-refractivity contribution in [3.8, 4) is 0 Å². The third-order valence-electron chi connectivity index (χ3n) is 2.92. The summed E-state index contributed by atoms with van der Waals surface area (Å²) in [5.74, 6) is 0. The highest BCUT2D eigenvalue weighted by Gasteiger charge is 2.14. The summed E-state index contributed by atoms with van der Waals surface area (Å²) in [5, 5.41) is 0. The molecule has 0 aromatic heterocycles. The second-order valence-electron chi connectivity index (χ2n) is 3.98. The van der Waals surface area contributed by atoms with Gasteiger partial charge in [0.1, 0.15) is 0 Å². The van der Waals surface area contributed by atoms with Crippen molar-refractivity contribution >= 4 is 12.4 Å². The SMILES string of the molecule is C[C@H](N)c1cccc2c1CCCC2.Cl. The minimum Gasteiger partial charge on any atom is -0.324 e. The van der Waals surface area contributed by atoms with E-state index >= 15 is 0 Å². The lowest BCUT2D eigenvalue weighted by atomic mass is 9.86. The fraction of sp³-hybridized carbons (Fsp3) is 0.500. The summed E-state index contributed by atoms with van der Waals surface area (Å²) >= 11 is 0. The second-order valence-corrected chi connectivity index (χ2v) is 3.98. The standard InChI is InChI=1S/C12H17N.ClH/c1-9(13)11-8-4-6-10-5-2-3-7-12(10)11;/h4,6,8-9H,2-3,5,7,13H2,1H3;1H/t9-;/m0./s1. The second kappa shape index (κ2) is 4.81. The van der Waals surface area contributed by atoms with E-state index in [1.54, 1.807) is 0 Å². The normalized spacial score (nSPS) is 16.7. The Bertz CT molecular complexity index is 307. The Hall–Kier alpha value is -0.530. The summed E-state index contributed by atoms with van der Waals surface area (Å²) in [6.45, 7) is 2.07. The molecule has 0 bridgehead atoms. The molecule has 1 aliphatic carbocycles. The zero-order valence-electron chi connectivity index (χ0n) is 8.62. The van der Waals surface area contributed by atoms with Gasteiger partial charge in [-0.15, -0.1) is 12.4 Å². The van der Waals surface area contributed by atoms with Crippen molar-refractivity contribution in [2.75, 3.05) is 0 Å². The molecule has 1 nitrogen and oxygen atoms in total. The van der Waals surface area contributed by atoms with Crippen LogP contribution < -0.4 is 5.73 Å². The maximum Gasteiger partial charge on any atom is 0.0268 e. The predicted octanol–water partition coefficient (Wildman–Crippen LogP) is 3.01. The van der Waals surface area contributed by atoms with Gasteiger partial charge in [-0.3, -0.25) is 0 Å². The number of halogens is 1. The lowest BCUT2D eigenvalue weighted by Crippen LogP contribution is -2.12. The molecular weight excluding hydrogens is 194 g/mol. The summed E-state index contributed by atoms with van der Waals surface area (Å²) in [7, 11) is 0. The maximum atomic E-state index is 5.94. The molecule has 1 aliphatic rings. The van der Waals surface area contributed by atoms with Crippen LogP contribution in [0, 0.1) is 0 Å². The molecule has 1 aromatic rings. The number of nitrogens with two attached hydrogens (primary N) is 1. The Morgan fingerprint density at radius 2 is 1.93 bits per heavy atom. The van der Waals surface area contributed by atoms with Gasteiger partial charge in [-0.1, -0.05) is 18.2 Å². The summed E-state index contributed by atoms with van der Waals surface area (Å²) in [6.07, 6.45) is 5.15. The molecule has 0 fully saturated rings. The van der Waals surface area contributed by atoms with Crippen LogP contribution in [-0.4, -0.2) is 0 Å². The van der Waals surface area contributed by atoms with Crippen LogP contribution in [0.4, 0.5) is 0 Å². The molecule has 14 heavy (non-hydrogen) atoms. The Labute approximate surface area is 92.1 Å². The van der Waals surface area contributed by atoms with Crippen molar-refractivity contribution in [3.63, 3.8) is 0 Å². The number of benzene rings is 1. The highest BCUT2D eigenvalue weighted by atomic mass is 35.5. The van der Waals surface area contributed by atoms with E-state index in [0.717, 1.165) is 0 Å². The van der Waals surface area contributed by atoms with Crippen molar-refractivity contribution < 1.29 is 0 Å². The predicted molar refractivity (Wildman–Crippen MR) is 62.9 cm³/mol. The molecule has 2 N–H and O–H groups in total. The molecular formula is C12H18ClN. The van der Waals surface area contributed by atoms with Crippen LogP contribution in [0.15, 0.2) is 18.2 Å². The molecule has 0 radical (unpaired) electrons. The van der Waals surface area contributed by atoms with Gasteiger partial charge in [0, 0.05) is 6.04 Å². The molecule has 0 aliphatic heterocycles. The van der Waals surface area contributed by atoms with Crippen molar-refractivity contribution in [2.24, 2.45) is 5.73 Å². The molecule has 0 unspecified atom stereocenters. The first-order valence-electron chi connectivity index (χ1n) is 5.15. The molecule has 0 saturated heterocycles. The monoisotopic (exact) mass is 211 g/mol. The summed E-state index contributed by atoms with van der Waals surface area (Å²) in [5.41, 5.74) is 10.4. The number of hydrogen-bond donors (Lipinski definition) is 1. The lowest BCUT2D eigenvalue weighted by molar-refractivity contribution is 0.667. The Morgan fingerprint density at radius 1 is 1.21 bits per heavy atom. The van der Waals surface area contributed by atoms with E-state index in [-0.39, 0.29) is 18.4 Å². The molecule has 2 heteroatoms. The summed E-state index contributed by atoms with van der Waals surface area (Å²) < 4.78 is 0. The first-order valence-corrected chi connectivity index (χ1v) is 5.15. The van der Waals surface area contributed by atoms with Crippen LogP contribution in [0.5, 0.6) is 0 Å². The van der Waals surface area contributed by atoms with Gasteiger partial charge in [0.05, 0.1) is 0 Å². The third kappa shape index (κ3) is 2.10. The zero-order chi connectivity index (χ0) is 9.26. The van der Waals surface area contributed by atoms with E-state index < -0.39 is 0 Å². The van der Waals surface area contributed by atoms with Crippen LogP contribution in [0.25, 0.3) is 0 Å². The first-order chi connectivity index (χ1) is 6.29. The quantitative estimate of drug-likeness (QED) is 0.760. The molecule has 0 spiro atoms. The third-order valence-corrected chi connectivity index (χ3v) is 2.92. The highest BCUT2D eigenvalue weighted by molar-refractivity contribution is 5.85. The number of aryl methyl sites for hydroxylation is 1. The van der Waals surface area contributed by atoms with Crippen molar-refractivity contribution in [1.29, 1.82) is 0 Å². The van der Waals surface area contributed by atoms with E-state index in [2.05, 4.69) is 25.1 Å². The molecule has 78 valence electrons. The molecule has 0 saturated carbocycles. The zero-order valence-corrected chi connectivity index (χ0v) is 9.44. The van der Waals surface area contributed by atoms with Crippen LogP contribution in [0.2, 0.25) is 0 Å². The molecule has 2 rings (SSSR count). The Balaban J connectivity index is 0.000000980. The van der Waals surface area contributed by atoms with Crippen LogP contribution in [0.3, 0.4) is 0 Å². The van der Waals surface area contributed by atoms with E-state index in [0.29, 0.717) is 0 Å². The minimum atomic E-state index is 0. The van der Waals surface area contributed by atoms with Gasteiger partial charge in [0.25, 0.3) is 0 Å². The van der Waals surface area contributed by atoms with Gasteiger partial charge in [-0.2, -0.15) is 0 Å².